The van der Waals surface area contributed by atoms with Gasteiger partial charge in [-0.1, -0.05) is 36.4 Å². The minimum atomic E-state index is -1.00. The third-order valence-corrected chi connectivity index (χ3v) is 3.52. The molecule has 0 aliphatic carbocycles. The molecule has 3 amide bonds. The lowest BCUT2D eigenvalue weighted by atomic mass is 9.88. The summed E-state index contributed by atoms with van der Waals surface area (Å²) in [6.45, 7) is -0.594. The molecular formula is C17H14N2O5. The van der Waals surface area contributed by atoms with E-state index in [1.54, 1.807) is 48.5 Å². The van der Waals surface area contributed by atoms with Crippen molar-refractivity contribution in [1.82, 2.24) is 5.32 Å². The molecule has 0 spiro atoms. The van der Waals surface area contributed by atoms with Crippen molar-refractivity contribution in [1.29, 1.82) is 0 Å². The topological polar surface area (TPSA) is 108 Å². The van der Waals surface area contributed by atoms with Gasteiger partial charge in [-0.3, -0.25) is 14.9 Å². The number of fused-ring (bicyclic) bond motifs is 2. The van der Waals surface area contributed by atoms with Crippen molar-refractivity contribution in [3.8, 4) is 11.5 Å². The van der Waals surface area contributed by atoms with Gasteiger partial charge in [0.25, 0.3) is 5.91 Å². The zero-order valence-corrected chi connectivity index (χ0v) is 12.5. The fourth-order valence-electron chi connectivity index (χ4n) is 2.56. The summed E-state index contributed by atoms with van der Waals surface area (Å²) >= 11 is 0. The van der Waals surface area contributed by atoms with Crippen molar-refractivity contribution in [2.45, 2.75) is 5.92 Å². The minimum Gasteiger partial charge on any atom is -0.457 e. The van der Waals surface area contributed by atoms with Crippen LogP contribution in [0.25, 0.3) is 0 Å². The third-order valence-electron chi connectivity index (χ3n) is 3.52. The van der Waals surface area contributed by atoms with E-state index in [0.29, 0.717) is 22.6 Å². The standard InChI is InChI=1S/C17H14N2O5/c18-17(22)19-14(20)9-23-16(21)15-10-5-1-3-7-12(10)24-13-8-4-2-6-11(13)15/h1-8,15H,9H2,(H3,18,19,20,22). The Morgan fingerprint density at radius 2 is 1.54 bits per heavy atom. The van der Waals surface area contributed by atoms with Crippen molar-refractivity contribution in [2.24, 2.45) is 5.73 Å². The maximum absolute atomic E-state index is 12.5. The highest BCUT2D eigenvalue weighted by Gasteiger charge is 2.33. The molecule has 1 aliphatic heterocycles. The molecule has 7 nitrogen and oxygen atoms in total. The highest BCUT2D eigenvalue weighted by molar-refractivity contribution is 5.95. The van der Waals surface area contributed by atoms with Crippen LogP contribution in [0.3, 0.4) is 0 Å². The molecule has 2 aromatic rings. The Morgan fingerprint density at radius 1 is 1.00 bits per heavy atom. The normalized spacial score (nSPS) is 12.3. The van der Waals surface area contributed by atoms with Crippen molar-refractivity contribution >= 4 is 17.9 Å². The number of benzene rings is 2. The van der Waals surface area contributed by atoms with Gasteiger partial charge in [0.1, 0.15) is 17.4 Å². The van der Waals surface area contributed by atoms with Crippen molar-refractivity contribution in [3.63, 3.8) is 0 Å². The van der Waals surface area contributed by atoms with Crippen LogP contribution in [-0.4, -0.2) is 24.5 Å². The van der Waals surface area contributed by atoms with Crippen LogP contribution in [0.1, 0.15) is 17.0 Å². The largest absolute Gasteiger partial charge is 0.457 e. The lowest BCUT2D eigenvalue weighted by molar-refractivity contribution is -0.149. The van der Waals surface area contributed by atoms with E-state index in [9.17, 15) is 14.4 Å². The molecule has 3 N–H and O–H groups in total. The van der Waals surface area contributed by atoms with Gasteiger partial charge in [0.05, 0.1) is 0 Å². The number of hydrogen-bond acceptors (Lipinski definition) is 5. The van der Waals surface area contributed by atoms with E-state index in [4.69, 9.17) is 15.2 Å². The molecule has 7 heteroatoms. The Morgan fingerprint density at radius 3 is 2.08 bits per heavy atom. The van der Waals surface area contributed by atoms with Crippen LogP contribution >= 0.6 is 0 Å². The van der Waals surface area contributed by atoms with Crippen molar-refractivity contribution < 1.29 is 23.9 Å². The first kappa shape index (κ1) is 15.5. The highest BCUT2D eigenvalue weighted by Crippen LogP contribution is 2.44. The summed E-state index contributed by atoms with van der Waals surface area (Å²) in [5, 5.41) is 1.84. The number of urea groups is 1. The summed E-state index contributed by atoms with van der Waals surface area (Å²) in [6, 6.07) is 13.2. The second-order valence-electron chi connectivity index (χ2n) is 5.13. The fourth-order valence-corrected chi connectivity index (χ4v) is 2.56. The lowest BCUT2D eigenvalue weighted by Crippen LogP contribution is -2.38. The first-order chi connectivity index (χ1) is 11.6. The number of esters is 1. The smallest absolute Gasteiger partial charge is 0.318 e. The Hall–Kier alpha value is -3.35. The zero-order valence-electron chi connectivity index (χ0n) is 12.5. The van der Waals surface area contributed by atoms with Crippen LogP contribution in [0.4, 0.5) is 4.79 Å². The highest BCUT2D eigenvalue weighted by atomic mass is 16.5. The maximum atomic E-state index is 12.5. The van der Waals surface area contributed by atoms with Gasteiger partial charge >= 0.3 is 12.0 Å². The zero-order chi connectivity index (χ0) is 17.1. The number of imide groups is 1. The van der Waals surface area contributed by atoms with Crippen molar-refractivity contribution in [3.05, 3.63) is 59.7 Å². The Kier molecular flexibility index (Phi) is 4.15. The molecule has 0 fully saturated rings. The molecular weight excluding hydrogens is 312 g/mol. The van der Waals surface area contributed by atoms with Crippen LogP contribution in [0, 0.1) is 0 Å². The second-order valence-corrected chi connectivity index (χ2v) is 5.13. The van der Waals surface area contributed by atoms with Gasteiger partial charge in [-0.2, -0.15) is 0 Å². The molecule has 2 aromatic carbocycles. The van der Waals surface area contributed by atoms with Crippen LogP contribution < -0.4 is 15.8 Å². The van der Waals surface area contributed by atoms with Gasteiger partial charge in [-0.25, -0.2) is 4.79 Å². The minimum absolute atomic E-state index is 0.555. The van der Waals surface area contributed by atoms with Crippen LogP contribution in [0.15, 0.2) is 48.5 Å². The lowest BCUT2D eigenvalue weighted by Gasteiger charge is -2.26. The fraction of sp³-hybridized carbons (Fsp3) is 0.118. The molecule has 1 aliphatic rings. The summed E-state index contributed by atoms with van der Waals surface area (Å²) in [5.41, 5.74) is 6.14. The number of para-hydroxylation sites is 2. The van der Waals surface area contributed by atoms with E-state index in [-0.39, 0.29) is 0 Å². The second kappa shape index (κ2) is 6.41. The van der Waals surface area contributed by atoms with Gasteiger partial charge in [-0.15, -0.1) is 0 Å². The summed E-state index contributed by atoms with van der Waals surface area (Å²) in [5.74, 6) is -1.01. The first-order valence-electron chi connectivity index (χ1n) is 7.18. The molecule has 3 rings (SSSR count). The number of rotatable bonds is 3. The Bertz CT molecular complexity index is 773. The van der Waals surface area contributed by atoms with Gasteiger partial charge in [0, 0.05) is 11.1 Å². The molecule has 0 aromatic heterocycles. The van der Waals surface area contributed by atoms with Gasteiger partial charge < -0.3 is 15.2 Å². The number of primary amides is 1. The van der Waals surface area contributed by atoms with Gasteiger partial charge in [0.15, 0.2) is 6.61 Å². The van der Waals surface area contributed by atoms with Gasteiger partial charge in [-0.05, 0) is 12.1 Å². The molecule has 0 bridgehead atoms. The third kappa shape index (κ3) is 3.05. The molecule has 122 valence electrons. The molecule has 1 heterocycles. The number of nitrogens with two attached hydrogens (primary N) is 1. The van der Waals surface area contributed by atoms with E-state index in [1.807, 2.05) is 5.32 Å². The quantitative estimate of drug-likeness (QED) is 0.834. The van der Waals surface area contributed by atoms with Gasteiger partial charge in [0.2, 0.25) is 0 Å². The molecule has 0 atom stereocenters. The molecule has 0 unspecified atom stereocenters. The van der Waals surface area contributed by atoms with E-state index in [1.165, 1.54) is 0 Å². The number of carbonyl (C=O) groups excluding carboxylic acids is 3. The number of hydrogen-bond donors (Lipinski definition) is 2. The van der Waals surface area contributed by atoms with Crippen LogP contribution in [0.5, 0.6) is 11.5 Å². The summed E-state index contributed by atoms with van der Waals surface area (Å²) < 4.78 is 10.8. The Balaban J connectivity index is 1.85. The van der Waals surface area contributed by atoms with Crippen LogP contribution in [-0.2, 0) is 14.3 Å². The Labute approximate surface area is 137 Å². The van der Waals surface area contributed by atoms with E-state index in [0.717, 1.165) is 0 Å². The molecule has 0 saturated heterocycles. The van der Waals surface area contributed by atoms with Crippen LogP contribution in [0.2, 0.25) is 0 Å². The molecule has 24 heavy (non-hydrogen) atoms. The van der Waals surface area contributed by atoms with Crippen molar-refractivity contribution in [2.75, 3.05) is 6.61 Å². The number of amides is 3. The SMILES string of the molecule is NC(=O)NC(=O)COC(=O)C1c2ccccc2Oc2ccccc21. The number of ether oxygens (including phenoxy) is 2. The van der Waals surface area contributed by atoms with E-state index < -0.39 is 30.4 Å². The average molecular weight is 326 g/mol. The summed E-state index contributed by atoms with van der Waals surface area (Å²) in [6.07, 6.45) is 0. The first-order valence-corrected chi connectivity index (χ1v) is 7.18. The van der Waals surface area contributed by atoms with E-state index >= 15 is 0 Å². The predicted octanol–water partition coefficient (Wildman–Crippen LogP) is 1.66. The monoisotopic (exact) mass is 326 g/mol. The summed E-state index contributed by atoms with van der Waals surface area (Å²) in [4.78, 5) is 34.6. The summed E-state index contributed by atoms with van der Waals surface area (Å²) in [7, 11) is 0. The predicted molar refractivity (Wildman–Crippen MR) is 83.5 cm³/mol. The number of carbonyl (C=O) groups is 3. The van der Waals surface area contributed by atoms with E-state index in [2.05, 4.69) is 0 Å². The molecule has 0 radical (unpaired) electrons. The maximum Gasteiger partial charge on any atom is 0.318 e. The molecule has 0 saturated carbocycles. The average Bonchev–Trinajstić information content (AvgIpc) is 2.57. The number of nitrogens with one attached hydrogen (secondary N) is 1.